The van der Waals surface area contributed by atoms with Gasteiger partial charge in [0, 0.05) is 24.8 Å². The summed E-state index contributed by atoms with van der Waals surface area (Å²) < 4.78 is 0. The Kier molecular flexibility index (Phi) is 2.97. The zero-order chi connectivity index (χ0) is 12.5. The van der Waals surface area contributed by atoms with Crippen LogP contribution in [0.15, 0.2) is 12.4 Å². The lowest BCUT2D eigenvalue weighted by atomic mass is 10.0. The van der Waals surface area contributed by atoms with E-state index in [0.717, 1.165) is 17.9 Å². The average Bonchev–Trinajstić information content (AvgIpc) is 2.74. The summed E-state index contributed by atoms with van der Waals surface area (Å²) in [7, 11) is 0. The fourth-order valence-electron chi connectivity index (χ4n) is 1.96. The van der Waals surface area contributed by atoms with Crippen molar-refractivity contribution in [3.8, 4) is 0 Å². The molecule has 1 aromatic heterocycles. The molecule has 2 heterocycles. The van der Waals surface area contributed by atoms with Crippen LogP contribution in [-0.2, 0) is 11.2 Å². The maximum Gasteiger partial charge on any atom is 0.325 e. The average molecular weight is 236 g/mol. The predicted molar refractivity (Wildman–Crippen MR) is 62.8 cm³/mol. The molecule has 0 saturated carbocycles. The monoisotopic (exact) mass is 236 g/mol. The largest absolute Gasteiger partial charge is 0.480 e. The zero-order valence-corrected chi connectivity index (χ0v) is 9.76. The SMILES string of the molecule is CCc1cc(N2CCC(N)(C(=O)O)C2)ncn1. The molecule has 1 aliphatic rings. The lowest BCUT2D eigenvalue weighted by Crippen LogP contribution is -2.50. The van der Waals surface area contributed by atoms with Gasteiger partial charge in [-0.3, -0.25) is 4.79 Å². The first-order valence-electron chi connectivity index (χ1n) is 5.63. The second kappa shape index (κ2) is 4.29. The lowest BCUT2D eigenvalue weighted by molar-refractivity contribution is -0.142. The van der Waals surface area contributed by atoms with Crippen molar-refractivity contribution in [1.82, 2.24) is 9.97 Å². The van der Waals surface area contributed by atoms with Crippen molar-refractivity contribution in [3.05, 3.63) is 18.1 Å². The molecule has 1 saturated heterocycles. The molecule has 0 radical (unpaired) electrons. The molecule has 6 heteroatoms. The van der Waals surface area contributed by atoms with Gasteiger partial charge in [0.1, 0.15) is 17.7 Å². The molecule has 0 spiro atoms. The summed E-state index contributed by atoms with van der Waals surface area (Å²) in [5.41, 5.74) is 5.60. The fourth-order valence-corrected chi connectivity index (χ4v) is 1.96. The molecule has 1 unspecified atom stereocenters. The number of carboxylic acid groups (broad SMARTS) is 1. The van der Waals surface area contributed by atoms with Crippen molar-refractivity contribution in [1.29, 1.82) is 0 Å². The maximum absolute atomic E-state index is 11.0. The van der Waals surface area contributed by atoms with Gasteiger partial charge in [-0.15, -0.1) is 0 Å². The van der Waals surface area contributed by atoms with Crippen LogP contribution in [0.4, 0.5) is 5.82 Å². The molecule has 1 atom stereocenters. The molecule has 1 fully saturated rings. The minimum Gasteiger partial charge on any atom is -0.480 e. The lowest BCUT2D eigenvalue weighted by Gasteiger charge is -2.20. The predicted octanol–water partition coefficient (Wildman–Crippen LogP) is 0.0312. The summed E-state index contributed by atoms with van der Waals surface area (Å²) in [4.78, 5) is 21.2. The van der Waals surface area contributed by atoms with Gasteiger partial charge in [-0.2, -0.15) is 0 Å². The molecular formula is C11H16N4O2. The van der Waals surface area contributed by atoms with Crippen LogP contribution in [0.2, 0.25) is 0 Å². The quantitative estimate of drug-likeness (QED) is 0.769. The molecular weight excluding hydrogens is 220 g/mol. The molecule has 3 N–H and O–H groups in total. The van der Waals surface area contributed by atoms with E-state index in [1.165, 1.54) is 6.33 Å². The number of carbonyl (C=O) groups is 1. The van der Waals surface area contributed by atoms with Gasteiger partial charge in [0.2, 0.25) is 0 Å². The fraction of sp³-hybridized carbons (Fsp3) is 0.545. The van der Waals surface area contributed by atoms with Gasteiger partial charge in [-0.1, -0.05) is 6.92 Å². The van der Waals surface area contributed by atoms with E-state index >= 15 is 0 Å². The molecule has 92 valence electrons. The highest BCUT2D eigenvalue weighted by molar-refractivity contribution is 5.80. The summed E-state index contributed by atoms with van der Waals surface area (Å²) in [6, 6.07) is 1.88. The summed E-state index contributed by atoms with van der Waals surface area (Å²) in [6.45, 7) is 2.92. The highest BCUT2D eigenvalue weighted by Crippen LogP contribution is 2.24. The molecule has 0 aromatic carbocycles. The van der Waals surface area contributed by atoms with Crippen molar-refractivity contribution < 1.29 is 9.90 Å². The number of nitrogens with two attached hydrogens (primary N) is 1. The summed E-state index contributed by atoms with van der Waals surface area (Å²) in [6.07, 6.45) is 2.77. The van der Waals surface area contributed by atoms with E-state index in [4.69, 9.17) is 10.8 Å². The van der Waals surface area contributed by atoms with Gasteiger partial charge >= 0.3 is 5.97 Å². The highest BCUT2D eigenvalue weighted by Gasteiger charge is 2.41. The Morgan fingerprint density at radius 2 is 2.41 bits per heavy atom. The Balaban J connectivity index is 2.17. The standard InChI is InChI=1S/C11H16N4O2/c1-2-8-5-9(14-7-13-8)15-4-3-11(12,6-15)10(16)17/h5,7H,2-4,6,12H2,1H3,(H,16,17). The number of nitrogens with zero attached hydrogens (tertiary/aromatic N) is 3. The van der Waals surface area contributed by atoms with Crippen LogP contribution < -0.4 is 10.6 Å². The molecule has 0 amide bonds. The first kappa shape index (κ1) is 11.8. The molecule has 6 nitrogen and oxygen atoms in total. The van der Waals surface area contributed by atoms with E-state index in [0.29, 0.717) is 19.5 Å². The number of rotatable bonds is 3. The molecule has 2 rings (SSSR count). The van der Waals surface area contributed by atoms with Crippen molar-refractivity contribution in [3.63, 3.8) is 0 Å². The van der Waals surface area contributed by atoms with E-state index in [1.807, 2.05) is 17.9 Å². The van der Waals surface area contributed by atoms with Gasteiger partial charge in [0.05, 0.1) is 0 Å². The first-order chi connectivity index (χ1) is 8.05. The summed E-state index contributed by atoms with van der Waals surface area (Å²) >= 11 is 0. The zero-order valence-electron chi connectivity index (χ0n) is 9.76. The van der Waals surface area contributed by atoms with E-state index in [-0.39, 0.29) is 0 Å². The number of hydrogen-bond donors (Lipinski definition) is 2. The third kappa shape index (κ3) is 2.21. The molecule has 1 aromatic rings. The number of anilines is 1. The molecule has 1 aliphatic heterocycles. The van der Waals surface area contributed by atoms with Gasteiger partial charge in [-0.05, 0) is 12.8 Å². The van der Waals surface area contributed by atoms with Crippen molar-refractivity contribution in [2.75, 3.05) is 18.0 Å². The Morgan fingerprint density at radius 1 is 1.65 bits per heavy atom. The number of carboxylic acids is 1. The van der Waals surface area contributed by atoms with E-state index in [1.54, 1.807) is 0 Å². The number of aliphatic carboxylic acids is 1. The Hall–Kier alpha value is -1.69. The number of aromatic nitrogens is 2. The third-order valence-corrected chi connectivity index (χ3v) is 3.12. The topological polar surface area (TPSA) is 92.3 Å². The second-order valence-corrected chi connectivity index (χ2v) is 4.35. The molecule has 0 aliphatic carbocycles. The number of aryl methyl sites for hydroxylation is 1. The van der Waals surface area contributed by atoms with Crippen LogP contribution in [0.3, 0.4) is 0 Å². The minimum atomic E-state index is -1.16. The Bertz CT molecular complexity index is 437. The third-order valence-electron chi connectivity index (χ3n) is 3.12. The smallest absolute Gasteiger partial charge is 0.325 e. The highest BCUT2D eigenvalue weighted by atomic mass is 16.4. The van der Waals surface area contributed by atoms with Crippen LogP contribution >= 0.6 is 0 Å². The van der Waals surface area contributed by atoms with Crippen LogP contribution in [0.5, 0.6) is 0 Å². The van der Waals surface area contributed by atoms with Crippen molar-refractivity contribution in [2.45, 2.75) is 25.3 Å². The van der Waals surface area contributed by atoms with Gasteiger partial charge in [-0.25, -0.2) is 9.97 Å². The van der Waals surface area contributed by atoms with Gasteiger partial charge < -0.3 is 15.7 Å². The molecule has 17 heavy (non-hydrogen) atoms. The van der Waals surface area contributed by atoms with E-state index in [2.05, 4.69) is 9.97 Å². The van der Waals surface area contributed by atoms with Crippen LogP contribution in [0.1, 0.15) is 19.0 Å². The summed E-state index contributed by atoms with van der Waals surface area (Å²) in [5.74, 6) is -0.199. The van der Waals surface area contributed by atoms with Gasteiger partial charge in [0.25, 0.3) is 0 Å². The Labute approximate surface area is 99.5 Å². The summed E-state index contributed by atoms with van der Waals surface area (Å²) in [5, 5.41) is 9.05. The van der Waals surface area contributed by atoms with Crippen LogP contribution in [-0.4, -0.2) is 39.7 Å². The normalized spacial score (nSPS) is 24.0. The second-order valence-electron chi connectivity index (χ2n) is 4.35. The van der Waals surface area contributed by atoms with E-state index in [9.17, 15) is 4.79 Å². The van der Waals surface area contributed by atoms with E-state index < -0.39 is 11.5 Å². The van der Waals surface area contributed by atoms with Crippen LogP contribution in [0, 0.1) is 0 Å². The number of hydrogen-bond acceptors (Lipinski definition) is 5. The first-order valence-corrected chi connectivity index (χ1v) is 5.63. The van der Waals surface area contributed by atoms with Gasteiger partial charge in [0.15, 0.2) is 0 Å². The molecule has 0 bridgehead atoms. The van der Waals surface area contributed by atoms with Crippen molar-refractivity contribution >= 4 is 11.8 Å². The maximum atomic E-state index is 11.0. The Morgan fingerprint density at radius 3 is 3.00 bits per heavy atom. The van der Waals surface area contributed by atoms with Crippen LogP contribution in [0.25, 0.3) is 0 Å². The minimum absolute atomic E-state index is 0.294. The van der Waals surface area contributed by atoms with Crippen molar-refractivity contribution in [2.24, 2.45) is 5.73 Å².